The Morgan fingerprint density at radius 1 is 1.00 bits per heavy atom. The molecule has 0 unspecified atom stereocenters. The second kappa shape index (κ2) is 3.18. The molecule has 0 saturated heterocycles. The summed E-state index contributed by atoms with van der Waals surface area (Å²) in [6, 6.07) is 3.64. The number of fused-ring (bicyclic) bond motifs is 1. The fourth-order valence-electron chi connectivity index (χ4n) is 1.15. The number of ether oxygens (including phenoxy) is 2. The number of methoxy groups -OCH3 is 2. The van der Waals surface area contributed by atoms with Crippen molar-refractivity contribution >= 4 is 22.8 Å². The largest absolute Gasteiger partial charge is 0.494 e. The third-order valence-corrected chi connectivity index (χ3v) is 2.31. The summed E-state index contributed by atoms with van der Waals surface area (Å²) in [5, 5.41) is 0. The number of hydrogen-bond donors (Lipinski definition) is 0. The van der Waals surface area contributed by atoms with Crippen molar-refractivity contribution in [2.75, 3.05) is 14.2 Å². The van der Waals surface area contributed by atoms with Gasteiger partial charge in [-0.25, -0.2) is 0 Å². The molecule has 2 rings (SSSR count). The van der Waals surface area contributed by atoms with Crippen LogP contribution in [0.3, 0.4) is 0 Å². The van der Waals surface area contributed by atoms with E-state index in [1.54, 1.807) is 14.2 Å². The van der Waals surface area contributed by atoms with Crippen molar-refractivity contribution in [3.63, 3.8) is 0 Å². The van der Waals surface area contributed by atoms with Gasteiger partial charge in [0.05, 0.1) is 25.9 Å². The minimum atomic E-state index is 0.726. The SMILES string of the molecule is COc1ccc(OC)c2nsnc12. The van der Waals surface area contributed by atoms with Crippen LogP contribution in [0.1, 0.15) is 0 Å². The molecule has 0 aliphatic heterocycles. The third kappa shape index (κ3) is 1.21. The molecule has 4 nitrogen and oxygen atoms in total. The maximum atomic E-state index is 5.13. The van der Waals surface area contributed by atoms with E-state index in [9.17, 15) is 0 Å². The Kier molecular flexibility index (Phi) is 2.02. The van der Waals surface area contributed by atoms with Crippen molar-refractivity contribution < 1.29 is 9.47 Å². The van der Waals surface area contributed by atoms with Gasteiger partial charge in [-0.3, -0.25) is 0 Å². The molecule has 2 aromatic rings. The second-order valence-corrected chi connectivity index (χ2v) is 2.96. The molecule has 68 valence electrons. The summed E-state index contributed by atoms with van der Waals surface area (Å²) < 4.78 is 18.5. The summed E-state index contributed by atoms with van der Waals surface area (Å²) in [7, 11) is 3.22. The van der Waals surface area contributed by atoms with E-state index in [1.165, 1.54) is 0 Å². The van der Waals surface area contributed by atoms with Crippen LogP contribution in [0.2, 0.25) is 0 Å². The molecule has 1 aromatic heterocycles. The number of aromatic nitrogens is 2. The van der Waals surface area contributed by atoms with Gasteiger partial charge < -0.3 is 9.47 Å². The number of benzene rings is 1. The highest BCUT2D eigenvalue weighted by Gasteiger charge is 2.10. The van der Waals surface area contributed by atoms with Crippen LogP contribution >= 0.6 is 11.7 Å². The Labute approximate surface area is 79.4 Å². The summed E-state index contributed by atoms with van der Waals surface area (Å²) in [6.45, 7) is 0. The molecular formula is C8H8N2O2S. The van der Waals surface area contributed by atoms with Gasteiger partial charge in [-0.15, -0.1) is 0 Å². The molecule has 1 aromatic carbocycles. The van der Waals surface area contributed by atoms with Crippen LogP contribution in [0.5, 0.6) is 11.5 Å². The normalized spacial score (nSPS) is 10.3. The predicted molar refractivity (Wildman–Crippen MR) is 50.5 cm³/mol. The average molecular weight is 196 g/mol. The monoisotopic (exact) mass is 196 g/mol. The van der Waals surface area contributed by atoms with Crippen molar-refractivity contribution in [1.82, 2.24) is 8.75 Å². The number of hydrogen-bond acceptors (Lipinski definition) is 5. The molecular weight excluding hydrogens is 188 g/mol. The van der Waals surface area contributed by atoms with Gasteiger partial charge in [-0.2, -0.15) is 8.75 Å². The van der Waals surface area contributed by atoms with Crippen molar-refractivity contribution in [2.45, 2.75) is 0 Å². The molecule has 0 saturated carbocycles. The minimum Gasteiger partial charge on any atom is -0.494 e. The van der Waals surface area contributed by atoms with E-state index in [-0.39, 0.29) is 0 Å². The fourth-order valence-corrected chi connectivity index (χ4v) is 1.71. The summed E-state index contributed by atoms with van der Waals surface area (Å²) in [6.07, 6.45) is 0. The van der Waals surface area contributed by atoms with Crippen molar-refractivity contribution in [3.8, 4) is 11.5 Å². The lowest BCUT2D eigenvalue weighted by Crippen LogP contribution is -1.88. The average Bonchev–Trinajstić information content (AvgIpc) is 2.64. The van der Waals surface area contributed by atoms with Crippen LogP contribution in [0.4, 0.5) is 0 Å². The lowest BCUT2D eigenvalue weighted by Gasteiger charge is -2.02. The maximum Gasteiger partial charge on any atom is 0.150 e. The van der Waals surface area contributed by atoms with Crippen LogP contribution in [0.15, 0.2) is 12.1 Å². The molecule has 0 radical (unpaired) electrons. The molecule has 0 amide bonds. The summed E-state index contributed by atoms with van der Waals surface area (Å²) in [5.74, 6) is 1.45. The topological polar surface area (TPSA) is 44.2 Å². The molecule has 0 fully saturated rings. The Hall–Kier alpha value is -1.36. The molecule has 0 N–H and O–H groups in total. The molecule has 0 atom stereocenters. The molecule has 5 heteroatoms. The van der Waals surface area contributed by atoms with E-state index in [0.29, 0.717) is 0 Å². The first-order valence-electron chi connectivity index (χ1n) is 3.70. The zero-order valence-electron chi connectivity index (χ0n) is 7.27. The van der Waals surface area contributed by atoms with Gasteiger partial charge in [0.15, 0.2) is 0 Å². The smallest absolute Gasteiger partial charge is 0.150 e. The Bertz CT molecular complexity index is 389. The minimum absolute atomic E-state index is 0.726. The lowest BCUT2D eigenvalue weighted by molar-refractivity contribution is 0.409. The Morgan fingerprint density at radius 2 is 1.46 bits per heavy atom. The molecule has 0 aliphatic rings. The third-order valence-electron chi connectivity index (χ3n) is 1.78. The Morgan fingerprint density at radius 3 is 1.85 bits per heavy atom. The first kappa shape index (κ1) is 8.25. The van der Waals surface area contributed by atoms with Gasteiger partial charge in [-0.1, -0.05) is 0 Å². The first-order chi connectivity index (χ1) is 6.36. The summed E-state index contributed by atoms with van der Waals surface area (Å²) >= 11 is 1.15. The highest BCUT2D eigenvalue weighted by molar-refractivity contribution is 7.00. The van der Waals surface area contributed by atoms with Crippen molar-refractivity contribution in [1.29, 1.82) is 0 Å². The number of rotatable bonds is 2. The summed E-state index contributed by atoms with van der Waals surface area (Å²) in [5.41, 5.74) is 1.51. The maximum absolute atomic E-state index is 5.13. The number of nitrogens with zero attached hydrogens (tertiary/aromatic N) is 2. The Balaban J connectivity index is 2.74. The van der Waals surface area contributed by atoms with E-state index in [1.807, 2.05) is 12.1 Å². The van der Waals surface area contributed by atoms with E-state index in [2.05, 4.69) is 8.75 Å². The van der Waals surface area contributed by atoms with Crippen molar-refractivity contribution in [3.05, 3.63) is 12.1 Å². The lowest BCUT2D eigenvalue weighted by atomic mass is 10.2. The predicted octanol–water partition coefficient (Wildman–Crippen LogP) is 1.71. The first-order valence-corrected chi connectivity index (χ1v) is 4.43. The van der Waals surface area contributed by atoms with E-state index in [0.717, 1.165) is 34.3 Å². The highest BCUT2D eigenvalue weighted by Crippen LogP contribution is 2.30. The van der Waals surface area contributed by atoms with Gasteiger partial charge in [-0.05, 0) is 12.1 Å². The van der Waals surface area contributed by atoms with Crippen LogP contribution in [0, 0.1) is 0 Å². The highest BCUT2D eigenvalue weighted by atomic mass is 32.1. The van der Waals surface area contributed by atoms with Crippen LogP contribution in [-0.4, -0.2) is 23.0 Å². The van der Waals surface area contributed by atoms with Gasteiger partial charge in [0, 0.05) is 0 Å². The van der Waals surface area contributed by atoms with Gasteiger partial charge in [0.25, 0.3) is 0 Å². The van der Waals surface area contributed by atoms with Gasteiger partial charge in [0.2, 0.25) is 0 Å². The second-order valence-electron chi connectivity index (χ2n) is 2.43. The van der Waals surface area contributed by atoms with Crippen LogP contribution < -0.4 is 9.47 Å². The summed E-state index contributed by atoms with van der Waals surface area (Å²) in [4.78, 5) is 0. The van der Waals surface area contributed by atoms with E-state index >= 15 is 0 Å². The fraction of sp³-hybridized carbons (Fsp3) is 0.250. The molecule has 1 heterocycles. The van der Waals surface area contributed by atoms with Gasteiger partial charge in [0.1, 0.15) is 22.5 Å². The molecule has 0 bridgehead atoms. The quantitative estimate of drug-likeness (QED) is 0.733. The van der Waals surface area contributed by atoms with Gasteiger partial charge >= 0.3 is 0 Å². The molecule has 0 spiro atoms. The van der Waals surface area contributed by atoms with Crippen molar-refractivity contribution in [2.24, 2.45) is 0 Å². The molecule has 0 aliphatic carbocycles. The zero-order valence-corrected chi connectivity index (χ0v) is 8.09. The van der Waals surface area contributed by atoms with E-state index in [4.69, 9.17) is 9.47 Å². The van der Waals surface area contributed by atoms with Crippen LogP contribution in [-0.2, 0) is 0 Å². The van der Waals surface area contributed by atoms with E-state index < -0.39 is 0 Å². The molecule has 13 heavy (non-hydrogen) atoms. The zero-order chi connectivity index (χ0) is 9.26. The standard InChI is InChI=1S/C8H8N2O2S/c1-11-5-3-4-6(12-2)8-7(5)9-13-10-8/h3-4H,1-2H3. The van der Waals surface area contributed by atoms with Crippen LogP contribution in [0.25, 0.3) is 11.0 Å².